The molecule has 0 aromatic heterocycles. The van der Waals surface area contributed by atoms with E-state index in [-0.39, 0.29) is 6.10 Å². The summed E-state index contributed by atoms with van der Waals surface area (Å²) in [6.07, 6.45) is -0.383. The van der Waals surface area contributed by atoms with Crippen LogP contribution in [0.2, 0.25) is 0 Å². The van der Waals surface area contributed by atoms with Crippen LogP contribution in [0, 0.1) is 0 Å². The van der Waals surface area contributed by atoms with Gasteiger partial charge in [0.1, 0.15) is 0 Å². The monoisotopic (exact) mass is 226 g/mol. The zero-order chi connectivity index (χ0) is 8.53. The van der Waals surface area contributed by atoms with Crippen molar-refractivity contribution in [1.82, 2.24) is 0 Å². The number of halogens is 1. The lowest BCUT2D eigenvalue weighted by Crippen LogP contribution is -2.13. The Morgan fingerprint density at radius 3 is 2.45 bits per heavy atom. The number of ether oxygens (including phenoxy) is 2. The Hall–Kier alpha value is 0.360. The van der Waals surface area contributed by atoms with Crippen LogP contribution >= 0.6 is 15.9 Å². The summed E-state index contributed by atoms with van der Waals surface area (Å²) < 4.78 is 10.2. The van der Waals surface area contributed by atoms with Crippen molar-refractivity contribution in [3.63, 3.8) is 0 Å². The highest BCUT2D eigenvalue weighted by Gasteiger charge is 1.94. The number of hydrogen-bond acceptors (Lipinski definition) is 3. The summed E-state index contributed by atoms with van der Waals surface area (Å²) in [7, 11) is 0. The molecule has 68 valence electrons. The molecule has 0 aliphatic heterocycles. The molecule has 0 aliphatic carbocycles. The summed E-state index contributed by atoms with van der Waals surface area (Å²) in [5.74, 6) is 0. The van der Waals surface area contributed by atoms with E-state index in [2.05, 4.69) is 15.9 Å². The maximum Gasteiger partial charge on any atom is 0.0745 e. The van der Waals surface area contributed by atoms with Crippen LogP contribution in [-0.4, -0.2) is 43.0 Å². The summed E-state index contributed by atoms with van der Waals surface area (Å²) in [5.41, 5.74) is 0. The summed E-state index contributed by atoms with van der Waals surface area (Å²) in [5, 5.41) is 9.63. The molecule has 3 nitrogen and oxygen atoms in total. The zero-order valence-corrected chi connectivity index (χ0v) is 8.34. The van der Waals surface area contributed by atoms with Gasteiger partial charge in [-0.2, -0.15) is 0 Å². The molecule has 0 amide bonds. The Balaban J connectivity index is 2.80. The number of aliphatic hydroxyl groups excluding tert-OH is 1. The van der Waals surface area contributed by atoms with Gasteiger partial charge in [0.2, 0.25) is 0 Å². The Kier molecular flexibility index (Phi) is 8.73. The fraction of sp³-hybridized carbons (Fsp3) is 1.00. The summed E-state index contributed by atoms with van der Waals surface area (Å²) >= 11 is 3.24. The number of alkyl halides is 1. The minimum absolute atomic E-state index is 0.383. The lowest BCUT2D eigenvalue weighted by atomic mass is 10.4. The Labute approximate surface area is 75.8 Å². The van der Waals surface area contributed by atoms with Gasteiger partial charge in [0, 0.05) is 5.33 Å². The van der Waals surface area contributed by atoms with Gasteiger partial charge in [0.05, 0.1) is 32.5 Å². The molecule has 1 atom stereocenters. The van der Waals surface area contributed by atoms with Crippen molar-refractivity contribution in [2.75, 3.05) is 31.8 Å². The van der Waals surface area contributed by atoms with E-state index < -0.39 is 0 Å². The highest BCUT2D eigenvalue weighted by Crippen LogP contribution is 1.85. The maximum absolute atomic E-state index is 8.78. The van der Waals surface area contributed by atoms with Crippen molar-refractivity contribution in [2.24, 2.45) is 0 Å². The van der Waals surface area contributed by atoms with E-state index in [4.69, 9.17) is 14.6 Å². The molecular weight excluding hydrogens is 212 g/mol. The fourth-order valence-electron chi connectivity index (χ4n) is 0.528. The van der Waals surface area contributed by atoms with Crippen molar-refractivity contribution < 1.29 is 14.6 Å². The first-order valence-corrected chi connectivity index (χ1v) is 4.79. The average Bonchev–Trinajstić information content (AvgIpc) is 1.96. The second-order valence-corrected chi connectivity index (χ2v) is 3.02. The zero-order valence-electron chi connectivity index (χ0n) is 6.75. The van der Waals surface area contributed by atoms with Gasteiger partial charge >= 0.3 is 0 Å². The van der Waals surface area contributed by atoms with Crippen LogP contribution in [0.1, 0.15) is 6.92 Å². The molecule has 4 heteroatoms. The normalized spacial score (nSPS) is 13.4. The molecule has 0 fully saturated rings. The minimum Gasteiger partial charge on any atom is -0.391 e. The number of aliphatic hydroxyl groups is 1. The van der Waals surface area contributed by atoms with Crippen LogP contribution in [0.5, 0.6) is 0 Å². The highest BCUT2D eigenvalue weighted by atomic mass is 79.9. The summed E-state index contributed by atoms with van der Waals surface area (Å²) in [4.78, 5) is 0. The lowest BCUT2D eigenvalue weighted by Gasteiger charge is -2.05. The van der Waals surface area contributed by atoms with E-state index >= 15 is 0 Å². The number of rotatable bonds is 7. The van der Waals surface area contributed by atoms with Gasteiger partial charge < -0.3 is 14.6 Å². The molecule has 1 N–H and O–H groups in total. The smallest absolute Gasteiger partial charge is 0.0745 e. The molecule has 0 heterocycles. The molecule has 0 aromatic carbocycles. The fourth-order valence-corrected chi connectivity index (χ4v) is 0.757. The first-order chi connectivity index (χ1) is 5.27. The number of hydrogen-bond donors (Lipinski definition) is 1. The predicted molar refractivity (Wildman–Crippen MR) is 47.1 cm³/mol. The molecular formula is C7H15BrO3. The molecule has 1 unspecified atom stereocenters. The maximum atomic E-state index is 8.78. The topological polar surface area (TPSA) is 38.7 Å². The van der Waals surface area contributed by atoms with Crippen LogP contribution < -0.4 is 0 Å². The molecule has 0 radical (unpaired) electrons. The van der Waals surface area contributed by atoms with Crippen LogP contribution in [-0.2, 0) is 9.47 Å². The Morgan fingerprint density at radius 2 is 1.91 bits per heavy atom. The molecule has 0 bridgehead atoms. The van der Waals surface area contributed by atoms with Gasteiger partial charge in [-0.3, -0.25) is 0 Å². The Bertz CT molecular complexity index is 78.1. The van der Waals surface area contributed by atoms with Gasteiger partial charge in [0.25, 0.3) is 0 Å². The van der Waals surface area contributed by atoms with Gasteiger partial charge in [0.15, 0.2) is 0 Å². The summed E-state index contributed by atoms with van der Waals surface area (Å²) in [6, 6.07) is 0. The predicted octanol–water partition coefficient (Wildman–Crippen LogP) is 0.795. The van der Waals surface area contributed by atoms with Gasteiger partial charge in [-0.1, -0.05) is 15.9 Å². The van der Waals surface area contributed by atoms with Crippen LogP contribution in [0.25, 0.3) is 0 Å². The SMILES string of the molecule is CC(O)COCCOCCBr. The van der Waals surface area contributed by atoms with Crippen LogP contribution in [0.4, 0.5) is 0 Å². The molecule has 0 rings (SSSR count). The van der Waals surface area contributed by atoms with E-state index in [9.17, 15) is 0 Å². The first kappa shape index (κ1) is 11.4. The van der Waals surface area contributed by atoms with Crippen molar-refractivity contribution in [3.05, 3.63) is 0 Å². The standard InChI is InChI=1S/C7H15BrO3/c1-7(9)6-11-5-4-10-3-2-8/h7,9H,2-6H2,1H3. The first-order valence-electron chi connectivity index (χ1n) is 3.67. The molecule has 0 aromatic rings. The third-order valence-electron chi connectivity index (χ3n) is 0.953. The minimum atomic E-state index is -0.383. The van der Waals surface area contributed by atoms with Gasteiger partial charge in [-0.05, 0) is 6.92 Å². The Morgan fingerprint density at radius 1 is 1.27 bits per heavy atom. The third-order valence-corrected chi connectivity index (χ3v) is 1.28. The van der Waals surface area contributed by atoms with Crippen molar-refractivity contribution >= 4 is 15.9 Å². The van der Waals surface area contributed by atoms with E-state index in [1.165, 1.54) is 0 Å². The lowest BCUT2D eigenvalue weighted by molar-refractivity contribution is 0.0126. The average molecular weight is 227 g/mol. The van der Waals surface area contributed by atoms with E-state index in [0.29, 0.717) is 26.4 Å². The van der Waals surface area contributed by atoms with Gasteiger partial charge in [-0.15, -0.1) is 0 Å². The highest BCUT2D eigenvalue weighted by molar-refractivity contribution is 9.09. The van der Waals surface area contributed by atoms with Crippen LogP contribution in [0.3, 0.4) is 0 Å². The van der Waals surface area contributed by atoms with Crippen molar-refractivity contribution in [3.8, 4) is 0 Å². The molecule has 11 heavy (non-hydrogen) atoms. The molecule has 0 spiro atoms. The third kappa shape index (κ3) is 10.4. The van der Waals surface area contributed by atoms with E-state index in [1.807, 2.05) is 0 Å². The largest absolute Gasteiger partial charge is 0.391 e. The van der Waals surface area contributed by atoms with Crippen molar-refractivity contribution in [1.29, 1.82) is 0 Å². The summed E-state index contributed by atoms with van der Waals surface area (Å²) in [6.45, 7) is 3.94. The molecule has 0 aliphatic rings. The molecule has 0 saturated carbocycles. The second kappa shape index (κ2) is 8.46. The van der Waals surface area contributed by atoms with Crippen LogP contribution in [0.15, 0.2) is 0 Å². The van der Waals surface area contributed by atoms with Gasteiger partial charge in [-0.25, -0.2) is 0 Å². The van der Waals surface area contributed by atoms with E-state index in [0.717, 1.165) is 5.33 Å². The van der Waals surface area contributed by atoms with E-state index in [1.54, 1.807) is 6.92 Å². The van der Waals surface area contributed by atoms with Crippen molar-refractivity contribution in [2.45, 2.75) is 13.0 Å². The molecule has 0 saturated heterocycles. The second-order valence-electron chi connectivity index (χ2n) is 2.23. The quantitative estimate of drug-likeness (QED) is 0.516.